The number of nitrogens with zero attached hydrogens (tertiary/aromatic N) is 1. The van der Waals surface area contributed by atoms with Crippen LogP contribution in [0.25, 0.3) is 0 Å². The van der Waals surface area contributed by atoms with Gasteiger partial charge in [0, 0.05) is 25.9 Å². The number of sulfonamides is 1. The topological polar surface area (TPSA) is 72.6 Å². The summed E-state index contributed by atoms with van der Waals surface area (Å²) in [5, 5.41) is 0. The van der Waals surface area contributed by atoms with Gasteiger partial charge in [-0.25, -0.2) is 12.8 Å². The zero-order valence-corrected chi connectivity index (χ0v) is 13.1. The molecule has 118 valence electrons. The summed E-state index contributed by atoms with van der Waals surface area (Å²) < 4.78 is 45.6. The smallest absolute Gasteiger partial charge is 0.245 e. The molecule has 1 saturated heterocycles. The van der Waals surface area contributed by atoms with E-state index in [1.807, 2.05) is 0 Å². The second-order valence-corrected chi connectivity index (χ2v) is 7.43. The predicted octanol–water partition coefficient (Wildman–Crippen LogP) is 1.91. The predicted molar refractivity (Wildman–Crippen MR) is 79.0 cm³/mol. The number of ether oxygens (including phenoxy) is 1. The number of nitrogens with two attached hydrogens (primary N) is 1. The summed E-state index contributed by atoms with van der Waals surface area (Å²) in [5.41, 5.74) is 6.48. The van der Waals surface area contributed by atoms with Gasteiger partial charge in [-0.1, -0.05) is 0 Å². The minimum Gasteiger partial charge on any atom is -0.398 e. The third kappa shape index (κ3) is 3.53. The number of hydrogen-bond donors (Lipinski definition) is 1. The van der Waals surface area contributed by atoms with Crippen LogP contribution in [-0.4, -0.2) is 39.0 Å². The van der Waals surface area contributed by atoms with Gasteiger partial charge >= 0.3 is 0 Å². The highest BCUT2D eigenvalue weighted by Crippen LogP contribution is 2.25. The van der Waals surface area contributed by atoms with Gasteiger partial charge in [0.2, 0.25) is 10.0 Å². The molecule has 0 radical (unpaired) electrons. The van der Waals surface area contributed by atoms with E-state index in [9.17, 15) is 12.8 Å². The number of hydrogen-bond acceptors (Lipinski definition) is 4. The Balaban J connectivity index is 2.22. The molecule has 0 bridgehead atoms. The van der Waals surface area contributed by atoms with E-state index < -0.39 is 15.8 Å². The Kier molecular flexibility index (Phi) is 4.85. The maximum absolute atomic E-state index is 14.0. The fourth-order valence-corrected chi connectivity index (χ4v) is 3.65. The Bertz CT molecular complexity index is 613. The van der Waals surface area contributed by atoms with Gasteiger partial charge in [-0.15, -0.1) is 0 Å². The van der Waals surface area contributed by atoms with Crippen molar-refractivity contribution in [2.75, 3.05) is 25.9 Å². The summed E-state index contributed by atoms with van der Waals surface area (Å²) in [6, 6.07) is 2.32. The quantitative estimate of drug-likeness (QED) is 0.861. The molecule has 0 spiro atoms. The Morgan fingerprint density at radius 1 is 1.43 bits per heavy atom. The highest BCUT2D eigenvalue weighted by atomic mass is 32.2. The summed E-state index contributed by atoms with van der Waals surface area (Å²) in [6.07, 6.45) is 2.70. The lowest BCUT2D eigenvalue weighted by atomic mass is 10.1. The number of likely N-dealkylation sites (N-methyl/N-ethyl adjacent to an activating group) is 1. The van der Waals surface area contributed by atoms with Crippen LogP contribution >= 0.6 is 0 Å². The molecule has 1 atom stereocenters. The molecule has 1 aliphatic heterocycles. The maximum Gasteiger partial charge on any atom is 0.245 e. The van der Waals surface area contributed by atoms with Gasteiger partial charge in [0.15, 0.2) is 0 Å². The fraction of sp³-hybridized carbons (Fsp3) is 0.571. The molecule has 0 aromatic heterocycles. The van der Waals surface area contributed by atoms with Crippen molar-refractivity contribution < 1.29 is 17.5 Å². The van der Waals surface area contributed by atoms with Crippen molar-refractivity contribution in [3.05, 3.63) is 23.5 Å². The summed E-state index contributed by atoms with van der Waals surface area (Å²) in [4.78, 5) is -0.385. The maximum atomic E-state index is 14.0. The number of benzene rings is 1. The average molecular weight is 316 g/mol. The molecule has 1 unspecified atom stereocenters. The lowest BCUT2D eigenvalue weighted by Crippen LogP contribution is -2.37. The highest BCUT2D eigenvalue weighted by molar-refractivity contribution is 7.89. The first-order chi connectivity index (χ1) is 9.82. The summed E-state index contributed by atoms with van der Waals surface area (Å²) in [6.45, 7) is 2.49. The second kappa shape index (κ2) is 6.29. The standard InChI is InChI=1S/C14H21FN2O3S/c1-10-7-12(15)14(8-13(10)16)21(18,19)17(2)9-11-5-3-4-6-20-11/h7-8,11H,3-6,9,16H2,1-2H3. The van der Waals surface area contributed by atoms with Gasteiger partial charge < -0.3 is 10.5 Å². The molecule has 21 heavy (non-hydrogen) atoms. The SMILES string of the molecule is Cc1cc(F)c(S(=O)(=O)N(C)CC2CCCCO2)cc1N. The number of aryl methyl sites for hydroxylation is 1. The molecule has 7 heteroatoms. The van der Waals surface area contributed by atoms with E-state index in [-0.39, 0.29) is 23.2 Å². The van der Waals surface area contributed by atoms with Crippen molar-refractivity contribution in [1.29, 1.82) is 0 Å². The minimum absolute atomic E-state index is 0.135. The Morgan fingerprint density at radius 2 is 2.14 bits per heavy atom. The molecule has 0 amide bonds. The van der Waals surface area contributed by atoms with Gasteiger partial charge in [-0.3, -0.25) is 0 Å². The van der Waals surface area contributed by atoms with Crippen molar-refractivity contribution in [3.63, 3.8) is 0 Å². The molecule has 1 aromatic carbocycles. The summed E-state index contributed by atoms with van der Waals surface area (Å²) in [7, 11) is -2.48. The van der Waals surface area contributed by atoms with Crippen molar-refractivity contribution in [2.24, 2.45) is 0 Å². The van der Waals surface area contributed by atoms with Gasteiger partial charge in [0.25, 0.3) is 0 Å². The zero-order chi connectivity index (χ0) is 15.6. The van der Waals surface area contributed by atoms with Crippen LogP contribution in [-0.2, 0) is 14.8 Å². The molecule has 2 rings (SSSR count). The van der Waals surface area contributed by atoms with Crippen LogP contribution in [0.4, 0.5) is 10.1 Å². The normalized spacial score (nSPS) is 19.9. The van der Waals surface area contributed by atoms with E-state index in [0.29, 0.717) is 12.2 Å². The zero-order valence-electron chi connectivity index (χ0n) is 12.3. The Labute approximate surface area is 124 Å². The molecule has 5 nitrogen and oxygen atoms in total. The van der Waals surface area contributed by atoms with Gasteiger partial charge in [0.05, 0.1) is 6.10 Å². The second-order valence-electron chi connectivity index (χ2n) is 5.41. The van der Waals surface area contributed by atoms with Gasteiger partial charge in [-0.05, 0) is 43.9 Å². The molecule has 1 heterocycles. The minimum atomic E-state index is -3.91. The van der Waals surface area contributed by atoms with Crippen molar-refractivity contribution in [1.82, 2.24) is 4.31 Å². The molecule has 0 aliphatic carbocycles. The Hall–Kier alpha value is -1.18. The van der Waals surface area contributed by atoms with Crippen LogP contribution in [0.3, 0.4) is 0 Å². The average Bonchev–Trinajstić information content (AvgIpc) is 2.43. The first-order valence-corrected chi connectivity index (χ1v) is 8.40. The van der Waals surface area contributed by atoms with Gasteiger partial charge in [0.1, 0.15) is 10.7 Å². The molecular weight excluding hydrogens is 295 g/mol. The highest BCUT2D eigenvalue weighted by Gasteiger charge is 2.28. The monoisotopic (exact) mass is 316 g/mol. The van der Waals surface area contributed by atoms with Crippen LogP contribution in [0.1, 0.15) is 24.8 Å². The number of halogens is 1. The number of nitrogen functional groups attached to an aromatic ring is 1. The van der Waals surface area contributed by atoms with Crippen LogP contribution in [0.2, 0.25) is 0 Å². The summed E-state index contributed by atoms with van der Waals surface area (Å²) >= 11 is 0. The van der Waals surface area contributed by atoms with Crippen LogP contribution in [0.15, 0.2) is 17.0 Å². The third-order valence-corrected chi connectivity index (χ3v) is 5.58. The largest absolute Gasteiger partial charge is 0.398 e. The van der Waals surface area contributed by atoms with Gasteiger partial charge in [-0.2, -0.15) is 4.31 Å². The first-order valence-electron chi connectivity index (χ1n) is 6.96. The van der Waals surface area contributed by atoms with E-state index in [1.54, 1.807) is 6.92 Å². The van der Waals surface area contributed by atoms with E-state index in [0.717, 1.165) is 29.6 Å². The third-order valence-electron chi connectivity index (χ3n) is 3.74. The Morgan fingerprint density at radius 3 is 2.76 bits per heavy atom. The molecule has 1 aromatic rings. The van der Waals surface area contributed by atoms with Crippen LogP contribution < -0.4 is 5.73 Å². The molecule has 1 fully saturated rings. The lowest BCUT2D eigenvalue weighted by molar-refractivity contribution is 0.00856. The molecular formula is C14H21FN2O3S. The first kappa shape index (κ1) is 16.2. The number of rotatable bonds is 4. The van der Waals surface area contributed by atoms with Crippen molar-refractivity contribution in [2.45, 2.75) is 37.2 Å². The summed E-state index contributed by atoms with van der Waals surface area (Å²) in [5.74, 6) is -0.780. The van der Waals surface area contributed by atoms with Crippen LogP contribution in [0, 0.1) is 12.7 Å². The van der Waals surface area contributed by atoms with E-state index >= 15 is 0 Å². The van der Waals surface area contributed by atoms with Crippen molar-refractivity contribution in [3.8, 4) is 0 Å². The van der Waals surface area contributed by atoms with E-state index in [4.69, 9.17) is 10.5 Å². The lowest BCUT2D eigenvalue weighted by Gasteiger charge is -2.27. The number of anilines is 1. The fourth-order valence-electron chi connectivity index (χ4n) is 2.37. The molecule has 2 N–H and O–H groups in total. The van der Waals surface area contributed by atoms with Crippen molar-refractivity contribution >= 4 is 15.7 Å². The molecule has 1 aliphatic rings. The van der Waals surface area contributed by atoms with E-state index in [2.05, 4.69) is 0 Å². The van der Waals surface area contributed by atoms with E-state index in [1.165, 1.54) is 13.1 Å². The molecule has 0 saturated carbocycles. The van der Waals surface area contributed by atoms with Crippen LogP contribution in [0.5, 0.6) is 0 Å².